The van der Waals surface area contributed by atoms with Gasteiger partial charge in [0.2, 0.25) is 0 Å². The largest absolute Gasteiger partial charge is 1.00 e. The number of hydrogen-bond donors (Lipinski definition) is 0. The van der Waals surface area contributed by atoms with Gasteiger partial charge in [0.15, 0.2) is 0 Å². The van der Waals surface area contributed by atoms with E-state index in [1.165, 1.54) is 27.6 Å². The Hall–Kier alpha value is -2.47. The van der Waals surface area contributed by atoms with E-state index in [0.717, 1.165) is 8.58 Å². The van der Waals surface area contributed by atoms with Gasteiger partial charge in [-0.1, -0.05) is 0 Å². The normalized spacial score (nSPS) is 17.7. The summed E-state index contributed by atoms with van der Waals surface area (Å²) in [5.74, 6) is 0. The van der Waals surface area contributed by atoms with Crippen LogP contribution < -0.4 is 14.7 Å². The summed E-state index contributed by atoms with van der Waals surface area (Å²) in [7, 11) is 0.733. The fraction of sp³-hybridized carbons (Fsp3) is 0.125. The van der Waals surface area contributed by atoms with Crippen LogP contribution in [-0.4, -0.2) is 0 Å². The molecule has 0 radical (unpaired) electrons. The van der Waals surface area contributed by atoms with Crippen molar-refractivity contribution in [2.24, 2.45) is 0 Å². The van der Waals surface area contributed by atoms with E-state index in [-0.39, 0.29) is 9.41 Å². The van der Waals surface area contributed by atoms with Crippen LogP contribution >= 0.6 is 8.58 Å². The van der Waals surface area contributed by atoms with Crippen LogP contribution in [0.15, 0.2) is 114 Å². The fourth-order valence-corrected chi connectivity index (χ4v) is 11.9. The van der Waals surface area contributed by atoms with Crippen LogP contribution in [0.4, 0.5) is 0 Å². The molecule has 3 unspecified atom stereocenters. The molecule has 4 heteroatoms. The second-order valence-corrected chi connectivity index (χ2v) is 14.2. The summed E-state index contributed by atoms with van der Waals surface area (Å²) in [5, 5.41) is 3.03. The number of benzene rings is 4. The predicted octanol–water partition coefficient (Wildman–Crippen LogP) is 2.39. The number of halogens is 2. The Morgan fingerprint density at radius 1 is 0.611 bits per heavy atom. The smallest absolute Gasteiger partial charge is 1.00 e. The van der Waals surface area contributed by atoms with Crippen molar-refractivity contribution >= 4 is 25.3 Å². The van der Waals surface area contributed by atoms with E-state index in [1.807, 2.05) is 0 Å². The first-order valence-electron chi connectivity index (χ1n) is 12.0. The third-order valence-corrected chi connectivity index (χ3v) is 14.0. The van der Waals surface area contributed by atoms with Crippen molar-refractivity contribution in [2.75, 3.05) is 0 Å². The molecule has 4 aromatic rings. The summed E-state index contributed by atoms with van der Waals surface area (Å²) >= 11 is -0.850. The van der Waals surface area contributed by atoms with Crippen molar-refractivity contribution < 1.29 is 32.6 Å². The molecule has 3 atom stereocenters. The first-order valence-corrected chi connectivity index (χ1v) is 15.8. The summed E-state index contributed by atoms with van der Waals surface area (Å²) in [6.45, 7) is 4.79. The van der Waals surface area contributed by atoms with Crippen LogP contribution in [-0.2, 0) is 23.2 Å². The Morgan fingerprint density at radius 2 is 1.22 bits per heavy atom. The first-order chi connectivity index (χ1) is 16.7. The van der Waals surface area contributed by atoms with Gasteiger partial charge in [0.25, 0.3) is 0 Å². The molecule has 0 saturated heterocycles. The maximum absolute atomic E-state index is 2.48. The maximum atomic E-state index is 2.48. The van der Waals surface area contributed by atoms with Gasteiger partial charge in [0, 0.05) is 0 Å². The monoisotopic (exact) mass is 570 g/mol. The zero-order valence-electron chi connectivity index (χ0n) is 20.3. The van der Waals surface area contributed by atoms with Crippen molar-refractivity contribution in [1.82, 2.24) is 0 Å². The molecule has 0 spiro atoms. The summed E-state index contributed by atoms with van der Waals surface area (Å²) in [6.07, 6.45) is 2.48. The second kappa shape index (κ2) is 11.3. The standard InChI is InChI=1S/C16H14P.C16H13.2FH.Zr/c1-12-11-13-7-5-6-10-15(13)16(12)17-14-8-3-2-4-9-14;1-12-10-14-8-5-9-15(16(14)11-12)13-6-3-2-4-7-13;;;/h2-11,17H,1H3;2-11H,1H3;2*1H;/q;;;;+2/p-2. The van der Waals surface area contributed by atoms with Crippen LogP contribution in [0.2, 0.25) is 0 Å². The molecule has 0 N–H and O–H groups in total. The van der Waals surface area contributed by atoms with E-state index < -0.39 is 23.2 Å². The minimum atomic E-state index is -0.850. The molecule has 0 aromatic heterocycles. The number of hydrogen-bond acceptors (Lipinski definition) is 0. The van der Waals surface area contributed by atoms with Crippen LogP contribution in [0.25, 0.3) is 22.5 Å². The summed E-state index contributed by atoms with van der Waals surface area (Å²) < 4.78 is 1.28. The topological polar surface area (TPSA) is 0 Å². The Balaban J connectivity index is 0.00000152. The minimum absolute atomic E-state index is 0. The molecular formula is C32H27F2PZr. The molecule has 0 aliphatic heterocycles. The first kappa shape index (κ1) is 26.6. The predicted molar refractivity (Wildman–Crippen MR) is 144 cm³/mol. The molecule has 36 heavy (non-hydrogen) atoms. The van der Waals surface area contributed by atoms with Crippen molar-refractivity contribution in [3.8, 4) is 11.1 Å². The van der Waals surface area contributed by atoms with Gasteiger partial charge in [0.1, 0.15) is 0 Å². The van der Waals surface area contributed by atoms with Crippen LogP contribution in [0.1, 0.15) is 43.4 Å². The molecule has 0 amide bonds. The van der Waals surface area contributed by atoms with Crippen LogP contribution in [0.3, 0.4) is 0 Å². The zero-order valence-corrected chi connectivity index (χ0v) is 23.8. The molecular weight excluding hydrogens is 545 g/mol. The Morgan fingerprint density at radius 3 is 1.97 bits per heavy atom. The van der Waals surface area contributed by atoms with E-state index >= 15 is 0 Å². The van der Waals surface area contributed by atoms with Crippen molar-refractivity contribution in [3.63, 3.8) is 0 Å². The van der Waals surface area contributed by atoms with Crippen LogP contribution in [0, 0.1) is 0 Å². The number of allylic oxidation sites excluding steroid dienone is 2. The third kappa shape index (κ3) is 4.77. The molecule has 0 saturated carbocycles. The fourth-order valence-electron chi connectivity index (χ4n) is 5.42. The summed E-state index contributed by atoms with van der Waals surface area (Å²) in [5.41, 5.74) is 12.0. The quantitative estimate of drug-likeness (QED) is 0.323. The van der Waals surface area contributed by atoms with Gasteiger partial charge in [-0.2, -0.15) is 0 Å². The molecule has 6 rings (SSSR count). The summed E-state index contributed by atoms with van der Waals surface area (Å²) in [6, 6.07) is 38.1. The average molecular weight is 572 g/mol. The van der Waals surface area contributed by atoms with Gasteiger partial charge < -0.3 is 9.41 Å². The van der Waals surface area contributed by atoms with Gasteiger partial charge in [-0.25, -0.2) is 0 Å². The Kier molecular flexibility index (Phi) is 8.34. The zero-order chi connectivity index (χ0) is 23.1. The maximum Gasteiger partial charge on any atom is -1.00 e. The van der Waals surface area contributed by atoms with Gasteiger partial charge in [0.05, 0.1) is 0 Å². The van der Waals surface area contributed by atoms with Gasteiger partial charge >= 0.3 is 217 Å². The molecule has 0 fully saturated rings. The Bertz CT molecular complexity index is 1430. The van der Waals surface area contributed by atoms with E-state index in [9.17, 15) is 0 Å². The SMILES string of the molecule is CC1=Cc2c(-c3ccccc3)cccc2[CH]1[Zr+2][CH]1C(C)=C(Pc2ccccc2)c2ccccc21.[F-].[F-]. The molecule has 0 heterocycles. The number of fused-ring (bicyclic) bond motifs is 2. The van der Waals surface area contributed by atoms with Gasteiger partial charge in [-0.05, 0) is 0 Å². The second-order valence-electron chi connectivity index (χ2n) is 9.23. The average Bonchev–Trinajstić information content (AvgIpc) is 3.34. The molecule has 4 aromatic carbocycles. The Labute approximate surface area is 225 Å². The van der Waals surface area contributed by atoms with Gasteiger partial charge in [-0.3, -0.25) is 0 Å². The van der Waals surface area contributed by atoms with E-state index in [0.29, 0.717) is 7.25 Å². The van der Waals surface area contributed by atoms with Gasteiger partial charge in [-0.15, -0.1) is 0 Å². The molecule has 0 bridgehead atoms. The van der Waals surface area contributed by atoms with Crippen molar-refractivity contribution in [1.29, 1.82) is 0 Å². The molecule has 0 nitrogen and oxygen atoms in total. The third-order valence-electron chi connectivity index (χ3n) is 7.11. The van der Waals surface area contributed by atoms with E-state index in [2.05, 4.69) is 123 Å². The minimum Gasteiger partial charge on any atom is -1.00 e. The van der Waals surface area contributed by atoms with E-state index in [4.69, 9.17) is 0 Å². The molecule has 178 valence electrons. The van der Waals surface area contributed by atoms with Crippen LogP contribution in [0.5, 0.6) is 0 Å². The molecule has 2 aliphatic carbocycles. The van der Waals surface area contributed by atoms with Crippen molar-refractivity contribution in [2.45, 2.75) is 21.1 Å². The summed E-state index contributed by atoms with van der Waals surface area (Å²) in [4.78, 5) is 0. The number of rotatable bonds is 5. The van der Waals surface area contributed by atoms with E-state index in [1.54, 1.807) is 27.6 Å². The van der Waals surface area contributed by atoms with Crippen molar-refractivity contribution in [3.05, 3.63) is 137 Å². The molecule has 2 aliphatic rings.